The van der Waals surface area contributed by atoms with Gasteiger partial charge in [0.15, 0.2) is 10.9 Å². The molecule has 0 radical (unpaired) electrons. The van der Waals surface area contributed by atoms with Crippen LogP contribution in [0.5, 0.6) is 5.75 Å². The third-order valence-corrected chi connectivity index (χ3v) is 5.46. The molecular weight excluding hydrogens is 388 g/mol. The lowest BCUT2D eigenvalue weighted by Crippen LogP contribution is -2.47. The van der Waals surface area contributed by atoms with Gasteiger partial charge < -0.3 is 15.0 Å². The van der Waals surface area contributed by atoms with Gasteiger partial charge in [0.1, 0.15) is 5.75 Å². The molecule has 1 atom stereocenters. The van der Waals surface area contributed by atoms with E-state index >= 15 is 0 Å². The summed E-state index contributed by atoms with van der Waals surface area (Å²) in [6, 6.07) is 5.79. The van der Waals surface area contributed by atoms with E-state index < -0.39 is 0 Å². The number of ketones is 1. The fraction of sp³-hybridized carbons (Fsp3) is 0.444. The molecule has 1 aromatic carbocycles. The molecule has 1 aliphatic heterocycles. The SMILES string of the molecule is CCCOc1ccc(C2NC(=S)N(C)C3=C2C(=O)CCC3)cc1Br. The number of Topliss-reactive ketones (excluding diaryl/α,β-unsaturated/α-hetero) is 1. The largest absolute Gasteiger partial charge is 0.492 e. The number of rotatable bonds is 4. The van der Waals surface area contributed by atoms with Gasteiger partial charge in [-0.15, -0.1) is 0 Å². The van der Waals surface area contributed by atoms with Crippen LogP contribution in [-0.2, 0) is 4.79 Å². The second kappa shape index (κ2) is 7.23. The van der Waals surface area contributed by atoms with Crippen molar-refractivity contribution in [3.8, 4) is 5.75 Å². The van der Waals surface area contributed by atoms with Crippen molar-refractivity contribution in [2.45, 2.75) is 38.6 Å². The minimum absolute atomic E-state index is 0.187. The molecule has 128 valence electrons. The Hall–Kier alpha value is -1.40. The number of benzene rings is 1. The zero-order valence-electron chi connectivity index (χ0n) is 13.9. The Morgan fingerprint density at radius 3 is 2.92 bits per heavy atom. The maximum Gasteiger partial charge on any atom is 0.173 e. The van der Waals surface area contributed by atoms with E-state index in [9.17, 15) is 4.79 Å². The van der Waals surface area contributed by atoms with Gasteiger partial charge in [-0.25, -0.2) is 0 Å². The molecule has 4 nitrogen and oxygen atoms in total. The molecule has 1 heterocycles. The number of halogens is 1. The predicted octanol–water partition coefficient (Wildman–Crippen LogP) is 4.11. The highest BCUT2D eigenvalue weighted by Gasteiger charge is 2.35. The maximum absolute atomic E-state index is 12.6. The first-order chi connectivity index (χ1) is 11.5. The van der Waals surface area contributed by atoms with Gasteiger partial charge >= 0.3 is 0 Å². The zero-order chi connectivity index (χ0) is 17.3. The molecule has 0 bridgehead atoms. The Balaban J connectivity index is 1.98. The summed E-state index contributed by atoms with van der Waals surface area (Å²) in [5.41, 5.74) is 2.93. The van der Waals surface area contributed by atoms with Crippen LogP contribution in [0.3, 0.4) is 0 Å². The van der Waals surface area contributed by atoms with E-state index in [1.165, 1.54) is 0 Å². The number of hydrogen-bond donors (Lipinski definition) is 1. The zero-order valence-corrected chi connectivity index (χ0v) is 16.3. The number of carbonyl (C=O) groups excluding carboxylic acids is 1. The van der Waals surface area contributed by atoms with Crippen molar-refractivity contribution in [3.05, 3.63) is 39.5 Å². The molecule has 24 heavy (non-hydrogen) atoms. The smallest absolute Gasteiger partial charge is 0.173 e. The van der Waals surface area contributed by atoms with Crippen molar-refractivity contribution < 1.29 is 9.53 Å². The molecule has 0 aromatic heterocycles. The summed E-state index contributed by atoms with van der Waals surface area (Å²) < 4.78 is 6.61. The average molecular weight is 409 g/mol. The van der Waals surface area contributed by atoms with Gasteiger partial charge in [-0.3, -0.25) is 4.79 Å². The standard InChI is InChI=1S/C18H21BrN2O2S/c1-3-9-23-15-8-7-11(10-12(15)19)17-16-13(5-4-6-14(16)22)21(2)18(24)20-17/h7-8,10,17H,3-6,9H2,1-2H3,(H,20,24). The first-order valence-corrected chi connectivity index (χ1v) is 9.45. The summed E-state index contributed by atoms with van der Waals surface area (Å²) >= 11 is 9.04. The van der Waals surface area contributed by atoms with E-state index in [2.05, 4.69) is 28.2 Å². The highest BCUT2D eigenvalue weighted by molar-refractivity contribution is 9.10. The normalized spacial score (nSPS) is 20.8. The van der Waals surface area contributed by atoms with E-state index in [0.29, 0.717) is 18.1 Å². The highest BCUT2D eigenvalue weighted by Crippen LogP contribution is 2.38. The first kappa shape index (κ1) is 17.4. The Morgan fingerprint density at radius 2 is 2.21 bits per heavy atom. The molecule has 0 saturated heterocycles. The number of carbonyl (C=O) groups is 1. The van der Waals surface area contributed by atoms with Gasteiger partial charge in [-0.05, 0) is 65.1 Å². The van der Waals surface area contributed by atoms with Crippen LogP contribution in [0.15, 0.2) is 33.9 Å². The van der Waals surface area contributed by atoms with Crippen molar-refractivity contribution in [2.24, 2.45) is 0 Å². The van der Waals surface area contributed by atoms with Crippen LogP contribution in [0.4, 0.5) is 0 Å². The third-order valence-electron chi connectivity index (χ3n) is 4.45. The summed E-state index contributed by atoms with van der Waals surface area (Å²) in [5.74, 6) is 1.03. The Labute approximate surface area is 156 Å². The third kappa shape index (κ3) is 3.22. The molecule has 6 heteroatoms. The molecule has 1 aliphatic carbocycles. The highest BCUT2D eigenvalue weighted by atomic mass is 79.9. The molecule has 1 N–H and O–H groups in total. The van der Waals surface area contributed by atoms with E-state index in [1.54, 1.807) is 0 Å². The van der Waals surface area contributed by atoms with Crippen LogP contribution in [0.1, 0.15) is 44.2 Å². The van der Waals surface area contributed by atoms with Gasteiger partial charge in [-0.1, -0.05) is 13.0 Å². The molecule has 0 amide bonds. The van der Waals surface area contributed by atoms with Gasteiger partial charge in [0, 0.05) is 24.7 Å². The summed E-state index contributed by atoms with van der Waals surface area (Å²) in [4.78, 5) is 14.5. The fourth-order valence-electron chi connectivity index (χ4n) is 3.21. The Bertz CT molecular complexity index is 717. The summed E-state index contributed by atoms with van der Waals surface area (Å²) in [5, 5.41) is 3.98. The second-order valence-electron chi connectivity index (χ2n) is 6.12. The molecule has 0 saturated carbocycles. The number of nitrogens with one attached hydrogen (secondary N) is 1. The molecule has 2 aliphatic rings. The Morgan fingerprint density at radius 1 is 1.42 bits per heavy atom. The van der Waals surface area contributed by atoms with E-state index in [4.69, 9.17) is 17.0 Å². The maximum atomic E-state index is 12.6. The molecule has 0 spiro atoms. The number of hydrogen-bond acceptors (Lipinski definition) is 3. The molecule has 0 fully saturated rings. The number of thiocarbonyl (C=S) groups is 1. The summed E-state index contributed by atoms with van der Waals surface area (Å²) in [7, 11) is 1.93. The van der Waals surface area contributed by atoms with Crippen LogP contribution < -0.4 is 10.1 Å². The van der Waals surface area contributed by atoms with Gasteiger partial charge in [0.25, 0.3) is 0 Å². The van der Waals surface area contributed by atoms with Gasteiger partial charge in [0.2, 0.25) is 0 Å². The lowest BCUT2D eigenvalue weighted by Gasteiger charge is -2.39. The molecular formula is C18H21BrN2O2S. The monoisotopic (exact) mass is 408 g/mol. The quantitative estimate of drug-likeness (QED) is 0.759. The van der Waals surface area contributed by atoms with Crippen molar-refractivity contribution in [3.63, 3.8) is 0 Å². The second-order valence-corrected chi connectivity index (χ2v) is 7.36. The van der Waals surface area contributed by atoms with Crippen molar-refractivity contribution in [1.29, 1.82) is 0 Å². The molecule has 1 aromatic rings. The number of allylic oxidation sites excluding steroid dienone is 1. The molecule has 3 rings (SSSR count). The van der Waals surface area contributed by atoms with Crippen molar-refractivity contribution in [2.75, 3.05) is 13.7 Å². The van der Waals surface area contributed by atoms with Crippen LogP contribution in [0, 0.1) is 0 Å². The van der Waals surface area contributed by atoms with E-state index in [1.807, 2.05) is 30.1 Å². The van der Waals surface area contributed by atoms with Crippen LogP contribution in [0.25, 0.3) is 0 Å². The van der Waals surface area contributed by atoms with Gasteiger partial charge in [0.05, 0.1) is 17.1 Å². The summed E-state index contributed by atoms with van der Waals surface area (Å²) in [6.45, 7) is 2.76. The van der Waals surface area contributed by atoms with E-state index in [0.717, 1.165) is 46.3 Å². The summed E-state index contributed by atoms with van der Waals surface area (Å²) in [6.07, 6.45) is 3.36. The lowest BCUT2D eigenvalue weighted by molar-refractivity contribution is -0.116. The topological polar surface area (TPSA) is 41.6 Å². The van der Waals surface area contributed by atoms with Crippen LogP contribution >= 0.6 is 28.1 Å². The first-order valence-electron chi connectivity index (χ1n) is 8.25. The van der Waals surface area contributed by atoms with Crippen LogP contribution in [-0.4, -0.2) is 29.5 Å². The predicted molar refractivity (Wildman–Crippen MR) is 102 cm³/mol. The molecule has 1 unspecified atom stereocenters. The minimum Gasteiger partial charge on any atom is -0.492 e. The Kier molecular flexibility index (Phi) is 5.25. The number of nitrogens with zero attached hydrogens (tertiary/aromatic N) is 1. The fourth-order valence-corrected chi connectivity index (χ4v) is 3.95. The van der Waals surface area contributed by atoms with Crippen molar-refractivity contribution in [1.82, 2.24) is 10.2 Å². The average Bonchev–Trinajstić information content (AvgIpc) is 2.57. The minimum atomic E-state index is -0.187. The lowest BCUT2D eigenvalue weighted by atomic mass is 9.85. The van der Waals surface area contributed by atoms with Crippen molar-refractivity contribution >= 4 is 39.0 Å². The van der Waals surface area contributed by atoms with Crippen LogP contribution in [0.2, 0.25) is 0 Å². The van der Waals surface area contributed by atoms with Gasteiger partial charge in [-0.2, -0.15) is 0 Å². The number of ether oxygens (including phenoxy) is 1. The van der Waals surface area contributed by atoms with E-state index in [-0.39, 0.29) is 11.8 Å².